The first-order valence-corrected chi connectivity index (χ1v) is 4.90. The Hall–Kier alpha value is -1.48. The summed E-state index contributed by atoms with van der Waals surface area (Å²) in [4.78, 5) is 10.7. The van der Waals surface area contributed by atoms with Gasteiger partial charge in [0.2, 0.25) is 0 Å². The molecule has 78 valence electrons. The smallest absolute Gasteiger partial charge is 0.345 e. The van der Waals surface area contributed by atoms with Crippen molar-refractivity contribution in [1.82, 2.24) is 0 Å². The molecule has 0 aromatic heterocycles. The standard InChI is InChI=1S/C11H9ClO3/c12-8-3-1-7(2-4-8)9-5-6-10(15-9)11(13)14/h1-5,10H,6H2,(H,13,14). The molecule has 0 amide bonds. The molecule has 1 aromatic rings. The normalized spacial score (nSPS) is 19.5. The van der Waals surface area contributed by atoms with Crippen LogP contribution in [0, 0.1) is 0 Å². The van der Waals surface area contributed by atoms with Crippen LogP contribution in [0.5, 0.6) is 0 Å². The van der Waals surface area contributed by atoms with Gasteiger partial charge in [-0.15, -0.1) is 0 Å². The van der Waals surface area contributed by atoms with E-state index in [-0.39, 0.29) is 0 Å². The van der Waals surface area contributed by atoms with E-state index in [0.29, 0.717) is 17.2 Å². The van der Waals surface area contributed by atoms with Gasteiger partial charge in [0.1, 0.15) is 5.76 Å². The van der Waals surface area contributed by atoms with Gasteiger partial charge in [-0.05, 0) is 30.3 Å². The fourth-order valence-corrected chi connectivity index (χ4v) is 1.54. The van der Waals surface area contributed by atoms with Crippen LogP contribution in [0.2, 0.25) is 5.02 Å². The molecule has 1 unspecified atom stereocenters. The highest BCUT2D eigenvalue weighted by atomic mass is 35.5. The van der Waals surface area contributed by atoms with E-state index in [2.05, 4.69) is 0 Å². The zero-order chi connectivity index (χ0) is 10.8. The Kier molecular flexibility index (Phi) is 2.64. The lowest BCUT2D eigenvalue weighted by molar-refractivity contribution is -0.145. The van der Waals surface area contributed by atoms with E-state index in [4.69, 9.17) is 21.4 Å². The summed E-state index contributed by atoms with van der Waals surface area (Å²) >= 11 is 5.74. The minimum Gasteiger partial charge on any atom is -0.478 e. The van der Waals surface area contributed by atoms with Crippen molar-refractivity contribution in [3.63, 3.8) is 0 Å². The number of benzene rings is 1. The van der Waals surface area contributed by atoms with Crippen LogP contribution in [-0.4, -0.2) is 17.2 Å². The predicted molar refractivity (Wildman–Crippen MR) is 56.6 cm³/mol. The van der Waals surface area contributed by atoms with Crippen LogP contribution in [0.4, 0.5) is 0 Å². The van der Waals surface area contributed by atoms with E-state index < -0.39 is 12.1 Å². The third-order valence-electron chi connectivity index (χ3n) is 2.19. The Balaban J connectivity index is 2.14. The Bertz CT molecular complexity index is 408. The summed E-state index contributed by atoms with van der Waals surface area (Å²) in [5.41, 5.74) is 0.850. The van der Waals surface area contributed by atoms with Crippen LogP contribution in [0.15, 0.2) is 30.3 Å². The average molecular weight is 225 g/mol. The minimum atomic E-state index is -0.935. The molecule has 1 N–H and O–H groups in total. The van der Waals surface area contributed by atoms with Gasteiger partial charge < -0.3 is 9.84 Å². The first-order valence-electron chi connectivity index (χ1n) is 4.52. The van der Waals surface area contributed by atoms with Gasteiger partial charge in [0.15, 0.2) is 6.10 Å². The van der Waals surface area contributed by atoms with Crippen molar-refractivity contribution >= 4 is 23.3 Å². The molecule has 1 heterocycles. The number of carboxylic acid groups (broad SMARTS) is 1. The largest absolute Gasteiger partial charge is 0.478 e. The highest BCUT2D eigenvalue weighted by molar-refractivity contribution is 6.30. The second-order valence-electron chi connectivity index (χ2n) is 3.26. The quantitative estimate of drug-likeness (QED) is 0.840. The van der Waals surface area contributed by atoms with Gasteiger partial charge in [-0.3, -0.25) is 0 Å². The summed E-state index contributed by atoms with van der Waals surface area (Å²) in [6, 6.07) is 7.10. The zero-order valence-electron chi connectivity index (χ0n) is 7.81. The van der Waals surface area contributed by atoms with Crippen LogP contribution >= 0.6 is 11.6 Å². The molecule has 0 spiro atoms. The van der Waals surface area contributed by atoms with E-state index in [1.165, 1.54) is 0 Å². The number of aliphatic carboxylic acids is 1. The van der Waals surface area contributed by atoms with Gasteiger partial charge in [0.25, 0.3) is 0 Å². The maximum Gasteiger partial charge on any atom is 0.345 e. The van der Waals surface area contributed by atoms with Gasteiger partial charge in [0.05, 0.1) is 0 Å². The van der Waals surface area contributed by atoms with Crippen LogP contribution in [0.3, 0.4) is 0 Å². The minimum absolute atomic E-state index is 0.410. The molecule has 1 atom stereocenters. The molecular weight excluding hydrogens is 216 g/mol. The van der Waals surface area contributed by atoms with Crippen LogP contribution in [-0.2, 0) is 9.53 Å². The number of carbonyl (C=O) groups is 1. The molecule has 0 saturated carbocycles. The number of ether oxygens (including phenoxy) is 1. The molecule has 0 bridgehead atoms. The molecule has 4 heteroatoms. The summed E-state index contributed by atoms with van der Waals surface area (Å²) in [7, 11) is 0. The fraction of sp³-hybridized carbons (Fsp3) is 0.182. The van der Waals surface area contributed by atoms with Crippen molar-refractivity contribution in [3.8, 4) is 0 Å². The van der Waals surface area contributed by atoms with Crippen molar-refractivity contribution < 1.29 is 14.6 Å². The number of hydrogen-bond donors (Lipinski definition) is 1. The van der Waals surface area contributed by atoms with Gasteiger partial charge in [-0.25, -0.2) is 4.79 Å². The van der Waals surface area contributed by atoms with Gasteiger partial charge in [-0.2, -0.15) is 0 Å². The van der Waals surface area contributed by atoms with Gasteiger partial charge >= 0.3 is 5.97 Å². The molecule has 0 saturated heterocycles. The maximum absolute atomic E-state index is 10.7. The molecule has 15 heavy (non-hydrogen) atoms. The summed E-state index contributed by atoms with van der Waals surface area (Å²) in [5, 5.41) is 9.39. The number of rotatable bonds is 2. The van der Waals surface area contributed by atoms with Crippen LogP contribution < -0.4 is 0 Å². The number of hydrogen-bond acceptors (Lipinski definition) is 2. The Morgan fingerprint density at radius 2 is 2.07 bits per heavy atom. The molecule has 3 nitrogen and oxygen atoms in total. The van der Waals surface area contributed by atoms with Crippen LogP contribution in [0.25, 0.3) is 5.76 Å². The molecule has 1 aromatic carbocycles. The summed E-state index contributed by atoms with van der Waals surface area (Å²) in [6.45, 7) is 0. The number of halogens is 1. The Labute approximate surface area is 91.9 Å². The third-order valence-corrected chi connectivity index (χ3v) is 2.44. The maximum atomic E-state index is 10.7. The van der Waals surface area contributed by atoms with Crippen molar-refractivity contribution in [2.45, 2.75) is 12.5 Å². The number of carboxylic acids is 1. The highest BCUT2D eigenvalue weighted by Gasteiger charge is 2.25. The summed E-state index contributed by atoms with van der Waals surface area (Å²) in [5.74, 6) is -0.325. The predicted octanol–water partition coefficient (Wildman–Crippen LogP) is 2.55. The third kappa shape index (κ3) is 2.13. The van der Waals surface area contributed by atoms with Crippen molar-refractivity contribution in [2.24, 2.45) is 0 Å². The van der Waals surface area contributed by atoms with Crippen molar-refractivity contribution in [3.05, 3.63) is 40.9 Å². The molecule has 1 aliphatic heterocycles. The lowest BCUT2D eigenvalue weighted by atomic mass is 10.2. The summed E-state index contributed by atoms with van der Waals surface area (Å²) in [6.07, 6.45) is 1.44. The molecule has 0 radical (unpaired) electrons. The molecular formula is C11H9ClO3. The Morgan fingerprint density at radius 1 is 1.40 bits per heavy atom. The lowest BCUT2D eigenvalue weighted by Gasteiger charge is -2.08. The first kappa shape index (κ1) is 10.1. The Morgan fingerprint density at radius 3 is 2.60 bits per heavy atom. The van der Waals surface area contributed by atoms with Crippen LogP contribution in [0.1, 0.15) is 12.0 Å². The topological polar surface area (TPSA) is 46.5 Å². The zero-order valence-corrected chi connectivity index (χ0v) is 8.57. The van der Waals surface area contributed by atoms with Gasteiger partial charge in [0, 0.05) is 17.0 Å². The lowest BCUT2D eigenvalue weighted by Crippen LogP contribution is -2.18. The molecule has 1 aliphatic rings. The highest BCUT2D eigenvalue weighted by Crippen LogP contribution is 2.27. The molecule has 0 fully saturated rings. The summed E-state index contributed by atoms with van der Waals surface area (Å²) < 4.78 is 5.27. The first-order chi connectivity index (χ1) is 7.16. The van der Waals surface area contributed by atoms with E-state index in [0.717, 1.165) is 5.56 Å². The van der Waals surface area contributed by atoms with E-state index in [9.17, 15) is 4.79 Å². The fourth-order valence-electron chi connectivity index (χ4n) is 1.41. The second kappa shape index (κ2) is 3.95. The monoisotopic (exact) mass is 224 g/mol. The van der Waals surface area contributed by atoms with E-state index in [1.807, 2.05) is 0 Å². The van der Waals surface area contributed by atoms with E-state index in [1.54, 1.807) is 30.3 Å². The SMILES string of the molecule is O=C(O)C1CC=C(c2ccc(Cl)cc2)O1. The molecule has 2 rings (SSSR count). The van der Waals surface area contributed by atoms with Gasteiger partial charge in [-0.1, -0.05) is 11.6 Å². The molecule has 0 aliphatic carbocycles. The second-order valence-corrected chi connectivity index (χ2v) is 3.69. The van der Waals surface area contributed by atoms with E-state index >= 15 is 0 Å². The average Bonchev–Trinajstić information content (AvgIpc) is 2.68. The van der Waals surface area contributed by atoms with Crippen molar-refractivity contribution in [2.75, 3.05) is 0 Å². The van der Waals surface area contributed by atoms with Crippen molar-refractivity contribution in [1.29, 1.82) is 0 Å².